The third-order valence-electron chi connectivity index (χ3n) is 6.21. The van der Waals surface area contributed by atoms with Gasteiger partial charge in [0.05, 0.1) is 44.4 Å². The molecule has 19 heteroatoms. The van der Waals surface area contributed by atoms with E-state index in [1.807, 2.05) is 0 Å². The number of rotatable bonds is 26. The Bertz CT molecular complexity index is 957. The van der Waals surface area contributed by atoms with Crippen molar-refractivity contribution in [1.29, 1.82) is 0 Å². The van der Waals surface area contributed by atoms with Gasteiger partial charge in [0.2, 0.25) is 29.5 Å². The molecule has 1 heterocycles. The Morgan fingerprint density at radius 3 is 2.13 bits per heavy atom. The standard InChI is InChI=1S/C27H47N5O13S/c1-4-19(18-33)43-27(40-2)45-44-26(39)31-8-5-21(34)28-9-10-29-23(36)7-13-41-15-16-42-14-11-30-22(35)6-12-32-24(37)17-20(46-3)25(32)38/h19-20,27,33H,4-18H2,1-3H3,(H,28,34)(H,29,36)(H,30,35)(H,31,39). The maximum atomic E-state index is 12.1. The number of carbonyl (C=O) groups is 6. The molecule has 0 aliphatic carbocycles. The maximum Gasteiger partial charge on any atom is 0.438 e. The van der Waals surface area contributed by atoms with E-state index in [4.69, 9.17) is 28.9 Å². The summed E-state index contributed by atoms with van der Waals surface area (Å²) >= 11 is 1.33. The molecule has 0 spiro atoms. The lowest BCUT2D eigenvalue weighted by Gasteiger charge is -2.19. The smallest absolute Gasteiger partial charge is 0.394 e. The van der Waals surface area contributed by atoms with E-state index in [-0.39, 0.29) is 126 Å². The number of hydrogen-bond acceptors (Lipinski definition) is 14. The van der Waals surface area contributed by atoms with E-state index in [2.05, 4.69) is 26.2 Å². The number of hydrogen-bond donors (Lipinski definition) is 5. The van der Waals surface area contributed by atoms with Gasteiger partial charge in [0, 0.05) is 65.5 Å². The van der Waals surface area contributed by atoms with E-state index in [1.54, 1.807) is 13.2 Å². The average molecular weight is 682 g/mol. The first-order valence-corrected chi connectivity index (χ1v) is 16.2. The largest absolute Gasteiger partial charge is 0.438 e. The quantitative estimate of drug-likeness (QED) is 0.0228. The van der Waals surface area contributed by atoms with Gasteiger partial charge in [0.15, 0.2) is 0 Å². The van der Waals surface area contributed by atoms with E-state index in [9.17, 15) is 28.8 Å². The van der Waals surface area contributed by atoms with Crippen LogP contribution in [0.4, 0.5) is 4.79 Å². The molecule has 18 nitrogen and oxygen atoms in total. The van der Waals surface area contributed by atoms with Gasteiger partial charge in [0.1, 0.15) is 0 Å². The van der Waals surface area contributed by atoms with Gasteiger partial charge in [0.25, 0.3) is 0 Å². The highest BCUT2D eigenvalue weighted by molar-refractivity contribution is 8.00. The van der Waals surface area contributed by atoms with E-state index in [1.165, 1.54) is 18.9 Å². The van der Waals surface area contributed by atoms with E-state index in [0.29, 0.717) is 6.42 Å². The van der Waals surface area contributed by atoms with Crippen LogP contribution < -0.4 is 21.3 Å². The monoisotopic (exact) mass is 681 g/mol. The lowest BCUT2D eigenvalue weighted by Crippen LogP contribution is -2.37. The topological polar surface area (TPSA) is 229 Å². The van der Waals surface area contributed by atoms with Gasteiger partial charge in [-0.05, 0) is 12.7 Å². The summed E-state index contributed by atoms with van der Waals surface area (Å²) in [4.78, 5) is 81.6. The average Bonchev–Trinajstić information content (AvgIpc) is 3.32. The van der Waals surface area contributed by atoms with Crippen LogP contribution in [0.3, 0.4) is 0 Å². The molecule has 0 bridgehead atoms. The summed E-state index contributed by atoms with van der Waals surface area (Å²) in [6.07, 6.45) is 1.02. The van der Waals surface area contributed by atoms with Crippen LogP contribution in [0, 0.1) is 0 Å². The summed E-state index contributed by atoms with van der Waals surface area (Å²) < 4.78 is 20.8. The first kappa shape index (κ1) is 41.0. The zero-order valence-corrected chi connectivity index (χ0v) is 27.4. The highest BCUT2D eigenvalue weighted by Crippen LogP contribution is 2.23. The zero-order valence-electron chi connectivity index (χ0n) is 26.5. The SMILES string of the molecule is CCC(CO)OC(OC)OOC(=O)NCCC(=O)NCCNC(=O)CCOCCOCCNC(=O)CCN1C(=O)CC(SC)C1=O. The molecule has 0 radical (unpaired) electrons. The van der Waals surface area contributed by atoms with Crippen molar-refractivity contribution in [1.82, 2.24) is 26.2 Å². The Balaban J connectivity index is 1.94. The van der Waals surface area contributed by atoms with E-state index >= 15 is 0 Å². The number of thioether (sulfide) groups is 1. The van der Waals surface area contributed by atoms with E-state index in [0.717, 1.165) is 4.90 Å². The Kier molecular flexibility index (Phi) is 22.3. The Hall–Kier alpha value is -3.07. The number of aliphatic hydroxyl groups is 1. The molecule has 3 unspecified atom stereocenters. The third-order valence-corrected chi connectivity index (χ3v) is 7.15. The molecule has 1 fully saturated rings. The molecule has 46 heavy (non-hydrogen) atoms. The van der Waals surface area contributed by atoms with Crippen molar-refractivity contribution in [2.24, 2.45) is 0 Å². The van der Waals surface area contributed by atoms with Gasteiger partial charge in [-0.1, -0.05) is 6.92 Å². The van der Waals surface area contributed by atoms with Crippen LogP contribution in [0.2, 0.25) is 0 Å². The van der Waals surface area contributed by atoms with Crippen LogP contribution in [-0.2, 0) is 52.7 Å². The van der Waals surface area contributed by atoms with Crippen molar-refractivity contribution in [2.45, 2.75) is 56.9 Å². The molecule has 1 aliphatic rings. The molecule has 6 amide bonds. The van der Waals surface area contributed by atoms with Crippen LogP contribution in [0.15, 0.2) is 0 Å². The molecule has 0 saturated carbocycles. The summed E-state index contributed by atoms with van der Waals surface area (Å²) in [7, 11) is 1.26. The highest BCUT2D eigenvalue weighted by Gasteiger charge is 2.37. The van der Waals surface area contributed by atoms with Crippen molar-refractivity contribution in [3.8, 4) is 0 Å². The molecule has 1 rings (SSSR count). The second-order valence-electron chi connectivity index (χ2n) is 9.60. The van der Waals surface area contributed by atoms with Crippen LogP contribution in [0.5, 0.6) is 0 Å². The lowest BCUT2D eigenvalue weighted by molar-refractivity contribution is -0.420. The van der Waals surface area contributed by atoms with Crippen LogP contribution in [-0.4, -0.2) is 143 Å². The van der Waals surface area contributed by atoms with Crippen molar-refractivity contribution in [3.63, 3.8) is 0 Å². The third kappa shape index (κ3) is 18.2. The van der Waals surface area contributed by atoms with Crippen LogP contribution in [0.25, 0.3) is 0 Å². The number of nitrogens with one attached hydrogen (secondary N) is 4. The highest BCUT2D eigenvalue weighted by atomic mass is 32.2. The molecule has 0 aromatic heterocycles. The molecule has 1 aliphatic heterocycles. The second kappa shape index (κ2) is 25.1. The van der Waals surface area contributed by atoms with Gasteiger partial charge in [-0.15, -0.1) is 4.89 Å². The number of likely N-dealkylation sites (tertiary alicyclic amines) is 1. The minimum atomic E-state index is -1.32. The number of nitrogens with zero attached hydrogens (tertiary/aromatic N) is 1. The minimum Gasteiger partial charge on any atom is -0.394 e. The zero-order chi connectivity index (χ0) is 34.2. The second-order valence-corrected chi connectivity index (χ2v) is 10.6. The predicted molar refractivity (Wildman–Crippen MR) is 162 cm³/mol. The number of imide groups is 1. The van der Waals surface area contributed by atoms with Crippen molar-refractivity contribution in [2.75, 3.05) is 79.1 Å². The Labute approximate surface area is 272 Å². The Morgan fingerprint density at radius 2 is 1.52 bits per heavy atom. The maximum absolute atomic E-state index is 12.1. The normalized spacial score (nSPS) is 15.7. The summed E-state index contributed by atoms with van der Waals surface area (Å²) in [5.74, 6) is -1.40. The van der Waals surface area contributed by atoms with Crippen molar-refractivity contribution in [3.05, 3.63) is 0 Å². The molecule has 0 aromatic carbocycles. The summed E-state index contributed by atoms with van der Waals surface area (Å²) in [5, 5.41) is 19.0. The summed E-state index contributed by atoms with van der Waals surface area (Å²) in [6.45, 7) is 1.83. The van der Waals surface area contributed by atoms with Crippen LogP contribution >= 0.6 is 11.8 Å². The number of carbonyl (C=O) groups excluding carboxylic acids is 6. The summed E-state index contributed by atoms with van der Waals surface area (Å²) in [5.41, 5.74) is 0. The lowest BCUT2D eigenvalue weighted by atomic mass is 10.3. The number of amides is 6. The first-order chi connectivity index (χ1) is 22.1. The van der Waals surface area contributed by atoms with Gasteiger partial charge in [-0.2, -0.15) is 11.8 Å². The van der Waals surface area contributed by atoms with Gasteiger partial charge < -0.3 is 45.3 Å². The molecule has 0 aromatic rings. The van der Waals surface area contributed by atoms with E-state index < -0.39 is 18.7 Å². The summed E-state index contributed by atoms with van der Waals surface area (Å²) in [6, 6.07) is 0. The Morgan fingerprint density at radius 1 is 0.891 bits per heavy atom. The van der Waals surface area contributed by atoms with Gasteiger partial charge >= 0.3 is 12.6 Å². The molecule has 5 N–H and O–H groups in total. The fourth-order valence-electron chi connectivity index (χ4n) is 3.64. The van der Waals surface area contributed by atoms with Crippen molar-refractivity contribution < 1.29 is 62.6 Å². The first-order valence-electron chi connectivity index (χ1n) is 14.9. The van der Waals surface area contributed by atoms with Crippen molar-refractivity contribution >= 4 is 47.4 Å². The van der Waals surface area contributed by atoms with Crippen LogP contribution in [0.1, 0.15) is 39.0 Å². The molecular formula is C27H47N5O13S. The molecular weight excluding hydrogens is 634 g/mol. The van der Waals surface area contributed by atoms with Gasteiger partial charge in [-0.3, -0.25) is 33.8 Å². The number of aliphatic hydroxyl groups excluding tert-OH is 1. The molecule has 264 valence electrons. The fraction of sp³-hybridized carbons (Fsp3) is 0.778. The van der Waals surface area contributed by atoms with Gasteiger partial charge in [-0.25, -0.2) is 4.79 Å². The number of ether oxygens (including phenoxy) is 4. The predicted octanol–water partition coefficient (Wildman–Crippen LogP) is -1.60. The minimum absolute atomic E-state index is 0.0305. The number of methoxy groups -OCH3 is 1. The molecule has 3 atom stereocenters. The molecule has 1 saturated heterocycles. The fourth-order valence-corrected chi connectivity index (χ4v) is 4.28.